The molecule has 1 fully saturated rings. The molecule has 104 valence electrons. The molecule has 0 atom stereocenters. The minimum absolute atomic E-state index is 0.0806. The Hall–Kier alpha value is -1.96. The van der Waals surface area contributed by atoms with E-state index in [1.165, 1.54) is 22.6 Å². The standard InChI is InChI=1S/C13H14N4O2S/c1-13(10-15)4-6-17(7-5-13)20(18,19)12-3-2-11(8-14)16-9-12/h2-3,9H,4-7H2,1H3. The summed E-state index contributed by atoms with van der Waals surface area (Å²) in [7, 11) is -3.59. The third kappa shape index (κ3) is 2.64. The van der Waals surface area contributed by atoms with Gasteiger partial charge in [0.2, 0.25) is 10.0 Å². The van der Waals surface area contributed by atoms with Crippen LogP contribution in [0.2, 0.25) is 0 Å². The summed E-state index contributed by atoms with van der Waals surface area (Å²) in [5.41, 5.74) is -0.269. The topological polar surface area (TPSA) is 97.9 Å². The summed E-state index contributed by atoms with van der Waals surface area (Å²) in [6.07, 6.45) is 2.24. The lowest BCUT2D eigenvalue weighted by Gasteiger charge is -2.33. The molecule has 1 saturated heterocycles. The zero-order valence-electron chi connectivity index (χ0n) is 11.1. The van der Waals surface area contributed by atoms with E-state index in [0.717, 1.165) is 0 Å². The Morgan fingerprint density at radius 1 is 1.30 bits per heavy atom. The molecule has 2 heterocycles. The number of pyridine rings is 1. The maximum atomic E-state index is 12.4. The van der Waals surface area contributed by atoms with E-state index in [-0.39, 0.29) is 10.6 Å². The minimum Gasteiger partial charge on any atom is -0.244 e. The zero-order chi connectivity index (χ0) is 14.8. The van der Waals surface area contributed by atoms with Crippen molar-refractivity contribution in [1.82, 2.24) is 9.29 Å². The molecule has 2 rings (SSSR count). The monoisotopic (exact) mass is 290 g/mol. The van der Waals surface area contributed by atoms with Crippen LogP contribution in [0.1, 0.15) is 25.5 Å². The van der Waals surface area contributed by atoms with Gasteiger partial charge in [-0.2, -0.15) is 14.8 Å². The van der Waals surface area contributed by atoms with Crippen LogP contribution in [-0.4, -0.2) is 30.8 Å². The lowest BCUT2D eigenvalue weighted by Crippen LogP contribution is -2.41. The number of sulfonamides is 1. The quantitative estimate of drug-likeness (QED) is 0.816. The van der Waals surface area contributed by atoms with Crippen LogP contribution in [0, 0.1) is 28.1 Å². The van der Waals surface area contributed by atoms with Crippen molar-refractivity contribution in [3.05, 3.63) is 24.0 Å². The van der Waals surface area contributed by atoms with E-state index < -0.39 is 15.4 Å². The summed E-state index contributed by atoms with van der Waals surface area (Å²) in [6, 6.07) is 6.86. The zero-order valence-corrected chi connectivity index (χ0v) is 11.9. The molecule has 0 N–H and O–H groups in total. The molecule has 0 aliphatic carbocycles. The van der Waals surface area contributed by atoms with Gasteiger partial charge in [0.25, 0.3) is 0 Å². The Labute approximate surface area is 118 Å². The van der Waals surface area contributed by atoms with Gasteiger partial charge in [-0.05, 0) is 31.9 Å². The van der Waals surface area contributed by atoms with E-state index in [0.29, 0.717) is 25.9 Å². The molecule has 0 radical (unpaired) electrons. The highest BCUT2D eigenvalue weighted by Gasteiger charge is 2.35. The first kappa shape index (κ1) is 14.4. The molecule has 0 spiro atoms. The first-order valence-electron chi connectivity index (χ1n) is 6.19. The fraction of sp³-hybridized carbons (Fsp3) is 0.462. The summed E-state index contributed by atoms with van der Waals surface area (Å²) in [5, 5.41) is 17.7. The van der Waals surface area contributed by atoms with Crippen LogP contribution in [-0.2, 0) is 10.0 Å². The predicted molar refractivity (Wildman–Crippen MR) is 70.7 cm³/mol. The van der Waals surface area contributed by atoms with Crippen molar-refractivity contribution in [2.24, 2.45) is 5.41 Å². The maximum absolute atomic E-state index is 12.4. The van der Waals surface area contributed by atoms with Crippen molar-refractivity contribution >= 4 is 10.0 Å². The molecule has 0 amide bonds. The second kappa shape index (κ2) is 5.20. The van der Waals surface area contributed by atoms with Crippen molar-refractivity contribution in [1.29, 1.82) is 10.5 Å². The summed E-state index contributed by atoms with van der Waals surface area (Å²) < 4.78 is 26.2. The van der Waals surface area contributed by atoms with Crippen LogP contribution in [0.5, 0.6) is 0 Å². The molecule has 0 bridgehead atoms. The lowest BCUT2D eigenvalue weighted by molar-refractivity contribution is 0.232. The lowest BCUT2D eigenvalue weighted by atomic mass is 9.83. The van der Waals surface area contributed by atoms with Crippen LogP contribution in [0.15, 0.2) is 23.2 Å². The van der Waals surface area contributed by atoms with Gasteiger partial charge in [0.05, 0.1) is 11.5 Å². The summed E-state index contributed by atoms with van der Waals surface area (Å²) in [6.45, 7) is 2.50. The van der Waals surface area contributed by atoms with Gasteiger partial charge in [0.1, 0.15) is 16.7 Å². The van der Waals surface area contributed by atoms with Gasteiger partial charge in [-0.25, -0.2) is 13.4 Å². The molecule has 7 heteroatoms. The number of aromatic nitrogens is 1. The average Bonchev–Trinajstić information content (AvgIpc) is 2.48. The first-order valence-corrected chi connectivity index (χ1v) is 7.63. The Balaban J connectivity index is 2.20. The molecule has 0 saturated carbocycles. The fourth-order valence-electron chi connectivity index (χ4n) is 2.08. The van der Waals surface area contributed by atoms with Gasteiger partial charge < -0.3 is 0 Å². The SMILES string of the molecule is CC1(C#N)CCN(S(=O)(=O)c2ccc(C#N)nc2)CC1. The number of hydrogen-bond donors (Lipinski definition) is 0. The molecule has 1 aromatic rings. The fourth-order valence-corrected chi connectivity index (χ4v) is 3.47. The Kier molecular flexibility index (Phi) is 3.76. The van der Waals surface area contributed by atoms with E-state index in [4.69, 9.17) is 10.5 Å². The van der Waals surface area contributed by atoms with E-state index in [2.05, 4.69) is 11.1 Å². The van der Waals surface area contributed by atoms with Crippen LogP contribution in [0.3, 0.4) is 0 Å². The van der Waals surface area contributed by atoms with E-state index in [9.17, 15) is 8.42 Å². The molecule has 0 aromatic carbocycles. The molecule has 20 heavy (non-hydrogen) atoms. The Morgan fingerprint density at radius 2 is 1.95 bits per heavy atom. The summed E-state index contributed by atoms with van der Waals surface area (Å²) in [4.78, 5) is 3.86. The third-order valence-corrected chi connectivity index (χ3v) is 5.47. The molecule has 6 nitrogen and oxygen atoms in total. The molecular weight excluding hydrogens is 276 g/mol. The van der Waals surface area contributed by atoms with Crippen molar-refractivity contribution in [3.63, 3.8) is 0 Å². The first-order chi connectivity index (χ1) is 9.41. The maximum Gasteiger partial charge on any atom is 0.244 e. The molecule has 1 aliphatic rings. The van der Waals surface area contributed by atoms with Gasteiger partial charge in [-0.15, -0.1) is 0 Å². The smallest absolute Gasteiger partial charge is 0.244 e. The van der Waals surface area contributed by atoms with E-state index in [1.54, 1.807) is 0 Å². The number of nitrogens with zero attached hydrogens (tertiary/aromatic N) is 4. The van der Waals surface area contributed by atoms with Gasteiger partial charge in [0.15, 0.2) is 0 Å². The molecule has 0 unspecified atom stereocenters. The highest BCUT2D eigenvalue weighted by atomic mass is 32.2. The van der Waals surface area contributed by atoms with E-state index in [1.807, 2.05) is 13.0 Å². The largest absolute Gasteiger partial charge is 0.244 e. The third-order valence-electron chi connectivity index (χ3n) is 3.58. The van der Waals surface area contributed by atoms with Gasteiger partial charge >= 0.3 is 0 Å². The van der Waals surface area contributed by atoms with Crippen LogP contribution in [0.4, 0.5) is 0 Å². The highest BCUT2D eigenvalue weighted by Crippen LogP contribution is 2.32. The molecule has 1 aliphatic heterocycles. The number of nitriles is 2. The van der Waals surface area contributed by atoms with Crippen molar-refractivity contribution in [3.8, 4) is 12.1 Å². The highest BCUT2D eigenvalue weighted by molar-refractivity contribution is 7.89. The second-order valence-corrected chi connectivity index (χ2v) is 7.01. The second-order valence-electron chi connectivity index (χ2n) is 5.07. The number of hydrogen-bond acceptors (Lipinski definition) is 5. The Morgan fingerprint density at radius 3 is 2.40 bits per heavy atom. The molecular formula is C13H14N4O2S. The van der Waals surface area contributed by atoms with E-state index >= 15 is 0 Å². The number of piperidine rings is 1. The predicted octanol–water partition coefficient (Wildman–Crippen LogP) is 1.27. The van der Waals surface area contributed by atoms with Crippen LogP contribution < -0.4 is 0 Å². The van der Waals surface area contributed by atoms with Crippen molar-refractivity contribution < 1.29 is 8.42 Å². The summed E-state index contributed by atoms with van der Waals surface area (Å²) >= 11 is 0. The molecule has 1 aromatic heterocycles. The number of rotatable bonds is 2. The van der Waals surface area contributed by atoms with Crippen molar-refractivity contribution in [2.75, 3.05) is 13.1 Å². The average molecular weight is 290 g/mol. The summed E-state index contributed by atoms with van der Waals surface area (Å²) in [5.74, 6) is 0. The van der Waals surface area contributed by atoms with Gasteiger partial charge in [0, 0.05) is 19.3 Å². The van der Waals surface area contributed by atoms with Crippen LogP contribution in [0.25, 0.3) is 0 Å². The van der Waals surface area contributed by atoms with Gasteiger partial charge in [-0.1, -0.05) is 0 Å². The normalized spacial score (nSPS) is 18.9. The minimum atomic E-state index is -3.59. The van der Waals surface area contributed by atoms with Crippen LogP contribution >= 0.6 is 0 Å². The van der Waals surface area contributed by atoms with Crippen molar-refractivity contribution in [2.45, 2.75) is 24.7 Å². The Bertz CT molecular complexity index is 675. The van der Waals surface area contributed by atoms with Gasteiger partial charge in [-0.3, -0.25) is 0 Å².